The minimum absolute atomic E-state index is 0.00343. The van der Waals surface area contributed by atoms with Crippen LogP contribution in [0.3, 0.4) is 0 Å². The van der Waals surface area contributed by atoms with Crippen LogP contribution in [-0.2, 0) is 14.3 Å². The number of hydrogen-bond acceptors (Lipinski definition) is 7. The summed E-state index contributed by atoms with van der Waals surface area (Å²) in [5.41, 5.74) is 0.462. The van der Waals surface area contributed by atoms with Crippen molar-refractivity contribution in [1.82, 2.24) is 0 Å². The first-order valence-electron chi connectivity index (χ1n) is 13.0. The number of nitrogens with zero attached hydrogens (tertiary/aromatic N) is 1. The molecule has 7 heteroatoms. The Balaban J connectivity index is 1.67. The molecule has 0 aromatic rings. The lowest BCUT2D eigenvalue weighted by atomic mass is 9.45. The number of aliphatic hydroxyl groups excluding tert-OH is 2. The normalized spacial score (nSPS) is 46.0. The Kier molecular flexibility index (Phi) is 7.27. The summed E-state index contributed by atoms with van der Waals surface area (Å²) >= 11 is 0. The van der Waals surface area contributed by atoms with Gasteiger partial charge >= 0.3 is 0 Å². The molecule has 9 atom stereocenters. The van der Waals surface area contributed by atoms with E-state index in [2.05, 4.69) is 32.0 Å². The fourth-order valence-electron chi connectivity index (χ4n) is 8.47. The van der Waals surface area contributed by atoms with Gasteiger partial charge in [0.2, 0.25) is 0 Å². The number of oxime groups is 1. The molecule has 0 bridgehead atoms. The van der Waals surface area contributed by atoms with E-state index >= 15 is 0 Å². The molecule has 2 unspecified atom stereocenters. The molecular weight excluding hydrogens is 434 g/mol. The highest BCUT2D eigenvalue weighted by Crippen LogP contribution is 2.68. The average Bonchev–Trinajstić information content (AvgIpc) is 3.08. The standard InChI is InChI=1S/C27H45NO6/c1-16(7-8-24(32-4)33-5)17-10-12-27(31)19-13-21(28-34-6)20-14-22(29)23(30)15-25(20,2)18(19)9-11-26(17,27)3/h13,16-18,20,22-24,29-31H,7-12,14-15H2,1-6H3/b28-21+/t16?,17-,18?,20+,22-,23+,25-,26-,27-/m1/s1. The molecule has 3 fully saturated rings. The molecule has 34 heavy (non-hydrogen) atoms. The lowest BCUT2D eigenvalue weighted by Crippen LogP contribution is -2.60. The molecule has 4 aliphatic carbocycles. The van der Waals surface area contributed by atoms with Crippen LogP contribution in [0.1, 0.15) is 72.1 Å². The molecular formula is C27H45NO6. The second-order valence-corrected chi connectivity index (χ2v) is 11.9. The summed E-state index contributed by atoms with van der Waals surface area (Å²) in [6.45, 7) is 6.80. The van der Waals surface area contributed by atoms with Gasteiger partial charge in [-0.15, -0.1) is 0 Å². The number of hydrogen-bond donors (Lipinski definition) is 3. The maximum absolute atomic E-state index is 12.4. The van der Waals surface area contributed by atoms with Crippen LogP contribution in [-0.4, -0.2) is 66.5 Å². The summed E-state index contributed by atoms with van der Waals surface area (Å²) in [5, 5.41) is 37.9. The maximum atomic E-state index is 12.4. The van der Waals surface area contributed by atoms with Gasteiger partial charge in [-0.2, -0.15) is 0 Å². The van der Waals surface area contributed by atoms with Crippen molar-refractivity contribution in [2.45, 2.75) is 96.2 Å². The van der Waals surface area contributed by atoms with Gasteiger partial charge in [-0.1, -0.05) is 25.9 Å². The van der Waals surface area contributed by atoms with Gasteiger partial charge in [0.15, 0.2) is 6.29 Å². The molecule has 4 rings (SSSR count). The van der Waals surface area contributed by atoms with Crippen molar-refractivity contribution < 1.29 is 29.6 Å². The van der Waals surface area contributed by atoms with Crippen molar-refractivity contribution in [3.05, 3.63) is 11.6 Å². The Labute approximate surface area is 204 Å². The molecule has 194 valence electrons. The Morgan fingerprint density at radius 2 is 1.74 bits per heavy atom. The first kappa shape index (κ1) is 26.1. The summed E-state index contributed by atoms with van der Waals surface area (Å²) in [6.07, 6.45) is 6.85. The van der Waals surface area contributed by atoms with Crippen LogP contribution in [0.5, 0.6) is 0 Å². The molecule has 7 nitrogen and oxygen atoms in total. The third kappa shape index (κ3) is 3.86. The maximum Gasteiger partial charge on any atom is 0.156 e. The number of fused-ring (bicyclic) bond motifs is 5. The first-order chi connectivity index (χ1) is 16.1. The molecule has 4 aliphatic rings. The van der Waals surface area contributed by atoms with E-state index in [0.29, 0.717) is 24.7 Å². The van der Waals surface area contributed by atoms with Crippen LogP contribution < -0.4 is 0 Å². The van der Waals surface area contributed by atoms with Crippen LogP contribution in [0.4, 0.5) is 0 Å². The number of methoxy groups -OCH3 is 2. The van der Waals surface area contributed by atoms with Gasteiger partial charge in [-0.3, -0.25) is 0 Å². The molecule has 0 aliphatic heterocycles. The number of allylic oxidation sites excluding steroid dienone is 1. The highest BCUT2D eigenvalue weighted by Gasteiger charge is 2.66. The SMILES string of the molecule is CO/N=C1\C=C2C(CC[C@]3(C)[C@@H](C(C)CCC(OC)OC)CC[C@@]23O)[C@@]2(C)C[C@H](O)[C@H](O)C[C@@H]12. The Hall–Kier alpha value is -0.990. The van der Waals surface area contributed by atoms with Crippen molar-refractivity contribution in [2.24, 2.45) is 39.7 Å². The zero-order valence-corrected chi connectivity index (χ0v) is 21.8. The minimum atomic E-state index is -0.903. The molecule has 0 aromatic heterocycles. The summed E-state index contributed by atoms with van der Waals surface area (Å²) in [5.74, 6) is 1.01. The average molecular weight is 480 g/mol. The fourth-order valence-corrected chi connectivity index (χ4v) is 8.47. The van der Waals surface area contributed by atoms with Gasteiger partial charge in [0.25, 0.3) is 0 Å². The second-order valence-electron chi connectivity index (χ2n) is 11.9. The quantitative estimate of drug-likeness (QED) is 0.381. The molecule has 0 spiro atoms. The van der Waals surface area contributed by atoms with Crippen molar-refractivity contribution in [3.63, 3.8) is 0 Å². The van der Waals surface area contributed by atoms with E-state index in [1.807, 2.05) is 0 Å². The van der Waals surface area contributed by atoms with Crippen LogP contribution in [0.2, 0.25) is 0 Å². The van der Waals surface area contributed by atoms with Gasteiger partial charge in [0.1, 0.15) is 7.11 Å². The lowest BCUT2D eigenvalue weighted by Gasteiger charge is -2.60. The van der Waals surface area contributed by atoms with E-state index in [1.165, 1.54) is 0 Å². The van der Waals surface area contributed by atoms with Gasteiger partial charge < -0.3 is 29.6 Å². The zero-order valence-electron chi connectivity index (χ0n) is 21.8. The molecule has 0 heterocycles. The molecule has 0 amide bonds. The molecule has 0 aromatic carbocycles. The molecule has 0 radical (unpaired) electrons. The van der Waals surface area contributed by atoms with Crippen molar-refractivity contribution in [2.75, 3.05) is 21.3 Å². The second kappa shape index (κ2) is 9.47. The van der Waals surface area contributed by atoms with E-state index in [0.717, 1.165) is 49.8 Å². The number of rotatable bonds is 7. The molecule has 0 saturated heterocycles. The summed E-state index contributed by atoms with van der Waals surface area (Å²) in [4.78, 5) is 5.22. The number of ether oxygens (including phenoxy) is 2. The van der Waals surface area contributed by atoms with E-state index in [-0.39, 0.29) is 29.0 Å². The van der Waals surface area contributed by atoms with Crippen LogP contribution >= 0.6 is 0 Å². The third-order valence-electron chi connectivity index (χ3n) is 10.5. The first-order valence-corrected chi connectivity index (χ1v) is 13.0. The topological polar surface area (TPSA) is 101 Å². The van der Waals surface area contributed by atoms with E-state index in [9.17, 15) is 15.3 Å². The van der Waals surface area contributed by atoms with Gasteiger partial charge in [-0.05, 0) is 86.2 Å². The lowest BCUT2D eigenvalue weighted by molar-refractivity contribution is -0.126. The van der Waals surface area contributed by atoms with Crippen molar-refractivity contribution >= 4 is 5.71 Å². The molecule has 3 saturated carbocycles. The predicted octanol–water partition coefficient (Wildman–Crippen LogP) is 3.66. The number of aliphatic hydroxyl groups is 3. The van der Waals surface area contributed by atoms with Gasteiger partial charge in [-0.25, -0.2) is 0 Å². The van der Waals surface area contributed by atoms with Gasteiger partial charge in [0.05, 0.1) is 23.5 Å². The summed E-state index contributed by atoms with van der Waals surface area (Å²) in [6, 6.07) is 0. The predicted molar refractivity (Wildman–Crippen MR) is 130 cm³/mol. The zero-order chi connectivity index (χ0) is 24.9. The van der Waals surface area contributed by atoms with E-state index in [1.54, 1.807) is 21.3 Å². The Morgan fingerprint density at radius 1 is 1.03 bits per heavy atom. The molecule has 3 N–H and O–H groups in total. The third-order valence-corrected chi connectivity index (χ3v) is 10.5. The minimum Gasteiger partial charge on any atom is -0.399 e. The highest BCUT2D eigenvalue weighted by atomic mass is 16.7. The monoisotopic (exact) mass is 479 g/mol. The van der Waals surface area contributed by atoms with E-state index < -0.39 is 17.8 Å². The smallest absolute Gasteiger partial charge is 0.156 e. The largest absolute Gasteiger partial charge is 0.399 e. The Morgan fingerprint density at radius 3 is 2.38 bits per heavy atom. The van der Waals surface area contributed by atoms with E-state index in [4.69, 9.17) is 14.3 Å². The highest BCUT2D eigenvalue weighted by molar-refractivity contribution is 5.99. The fraction of sp³-hybridized carbons (Fsp3) is 0.889. The van der Waals surface area contributed by atoms with Crippen molar-refractivity contribution in [1.29, 1.82) is 0 Å². The van der Waals surface area contributed by atoms with Crippen LogP contribution in [0.15, 0.2) is 16.8 Å². The summed E-state index contributed by atoms with van der Waals surface area (Å²) in [7, 11) is 4.91. The van der Waals surface area contributed by atoms with Crippen LogP contribution in [0, 0.1) is 34.5 Å². The van der Waals surface area contributed by atoms with Gasteiger partial charge in [0, 0.05) is 25.6 Å². The van der Waals surface area contributed by atoms with Crippen LogP contribution in [0.25, 0.3) is 0 Å². The van der Waals surface area contributed by atoms with Crippen molar-refractivity contribution in [3.8, 4) is 0 Å². The summed E-state index contributed by atoms with van der Waals surface area (Å²) < 4.78 is 10.8. The Bertz CT molecular complexity index is 811.